The summed E-state index contributed by atoms with van der Waals surface area (Å²) in [6.45, 7) is 1.52. The van der Waals surface area contributed by atoms with E-state index < -0.39 is 5.97 Å². The second-order valence-corrected chi connectivity index (χ2v) is 6.06. The van der Waals surface area contributed by atoms with Crippen molar-refractivity contribution in [1.82, 2.24) is 10.2 Å². The Bertz CT molecular complexity index is 548. The van der Waals surface area contributed by atoms with E-state index >= 15 is 0 Å². The lowest BCUT2D eigenvalue weighted by Crippen LogP contribution is -2.48. The standard InChI is InChI=1S/C15H19BrN2O3/c1-17-14(19)13-4-2-3-7-18(13)9-11-6-5-10(15(20)21)8-12(11)16/h5-6,8,13H,2-4,7,9H2,1H3,(H,17,19)(H,20,21). The van der Waals surface area contributed by atoms with Crippen LogP contribution in [0.15, 0.2) is 22.7 Å². The van der Waals surface area contributed by atoms with Gasteiger partial charge in [0, 0.05) is 18.1 Å². The normalized spacial score (nSPS) is 19.2. The molecule has 1 heterocycles. The van der Waals surface area contributed by atoms with Crippen molar-refractivity contribution in [3.8, 4) is 0 Å². The maximum atomic E-state index is 12.0. The lowest BCUT2D eigenvalue weighted by atomic mass is 10.00. The highest BCUT2D eigenvalue weighted by Gasteiger charge is 2.28. The fourth-order valence-electron chi connectivity index (χ4n) is 2.67. The first-order valence-electron chi connectivity index (χ1n) is 7.00. The third-order valence-electron chi connectivity index (χ3n) is 3.84. The molecule has 1 atom stereocenters. The number of likely N-dealkylation sites (tertiary alicyclic amines) is 1. The summed E-state index contributed by atoms with van der Waals surface area (Å²) in [5.41, 5.74) is 1.25. The van der Waals surface area contributed by atoms with E-state index in [0.29, 0.717) is 6.54 Å². The van der Waals surface area contributed by atoms with Gasteiger partial charge in [-0.1, -0.05) is 28.4 Å². The summed E-state index contributed by atoms with van der Waals surface area (Å²) in [5.74, 6) is -0.892. The van der Waals surface area contributed by atoms with E-state index in [1.54, 1.807) is 19.2 Å². The van der Waals surface area contributed by atoms with Gasteiger partial charge in [0.15, 0.2) is 0 Å². The van der Waals surface area contributed by atoms with E-state index in [4.69, 9.17) is 5.11 Å². The minimum Gasteiger partial charge on any atom is -0.478 e. The van der Waals surface area contributed by atoms with E-state index in [-0.39, 0.29) is 17.5 Å². The third-order valence-corrected chi connectivity index (χ3v) is 4.57. The predicted octanol–water partition coefficient (Wildman–Crippen LogP) is 2.25. The van der Waals surface area contributed by atoms with Gasteiger partial charge in [0.2, 0.25) is 5.91 Å². The van der Waals surface area contributed by atoms with Crippen molar-refractivity contribution in [1.29, 1.82) is 0 Å². The number of likely N-dealkylation sites (N-methyl/N-ethyl adjacent to an activating group) is 1. The molecule has 2 N–H and O–H groups in total. The van der Waals surface area contributed by atoms with Gasteiger partial charge in [-0.05, 0) is 37.1 Å². The molecule has 1 fully saturated rings. The van der Waals surface area contributed by atoms with Crippen LogP contribution in [-0.2, 0) is 11.3 Å². The van der Waals surface area contributed by atoms with Gasteiger partial charge < -0.3 is 10.4 Å². The van der Waals surface area contributed by atoms with Crippen molar-refractivity contribution in [2.24, 2.45) is 0 Å². The van der Waals surface area contributed by atoms with Crippen LogP contribution in [0.3, 0.4) is 0 Å². The third kappa shape index (κ3) is 3.83. The Labute approximate surface area is 132 Å². The van der Waals surface area contributed by atoms with E-state index in [1.807, 2.05) is 6.07 Å². The lowest BCUT2D eigenvalue weighted by Gasteiger charge is -2.34. The molecule has 1 aromatic carbocycles. The molecule has 1 unspecified atom stereocenters. The maximum Gasteiger partial charge on any atom is 0.335 e. The average molecular weight is 355 g/mol. The number of carbonyl (C=O) groups is 2. The van der Waals surface area contributed by atoms with Gasteiger partial charge in [-0.15, -0.1) is 0 Å². The first-order chi connectivity index (χ1) is 10.0. The van der Waals surface area contributed by atoms with Crippen LogP contribution >= 0.6 is 15.9 Å². The van der Waals surface area contributed by atoms with Crippen LogP contribution < -0.4 is 5.32 Å². The summed E-state index contributed by atoms with van der Waals surface area (Å²) < 4.78 is 0.767. The summed E-state index contributed by atoms with van der Waals surface area (Å²) in [6.07, 6.45) is 3.01. The zero-order valence-corrected chi connectivity index (χ0v) is 13.5. The molecule has 1 aliphatic heterocycles. The van der Waals surface area contributed by atoms with Crippen LogP contribution in [0.1, 0.15) is 35.2 Å². The number of rotatable bonds is 4. The van der Waals surface area contributed by atoms with E-state index in [9.17, 15) is 9.59 Å². The number of nitrogens with one attached hydrogen (secondary N) is 1. The Morgan fingerprint density at radius 1 is 1.43 bits per heavy atom. The Morgan fingerprint density at radius 3 is 2.81 bits per heavy atom. The first kappa shape index (κ1) is 16.0. The zero-order valence-electron chi connectivity index (χ0n) is 11.9. The summed E-state index contributed by atoms with van der Waals surface area (Å²) >= 11 is 3.43. The second-order valence-electron chi connectivity index (χ2n) is 5.21. The van der Waals surface area contributed by atoms with Gasteiger partial charge in [-0.25, -0.2) is 4.79 Å². The molecule has 21 heavy (non-hydrogen) atoms. The maximum absolute atomic E-state index is 12.0. The second kappa shape index (κ2) is 7.04. The molecule has 0 spiro atoms. The van der Waals surface area contributed by atoms with E-state index in [0.717, 1.165) is 35.8 Å². The molecule has 0 bridgehead atoms. The molecule has 0 aromatic heterocycles. The fourth-order valence-corrected chi connectivity index (χ4v) is 3.18. The van der Waals surface area contributed by atoms with E-state index in [1.165, 1.54) is 0 Å². The van der Waals surface area contributed by atoms with Crippen LogP contribution in [-0.4, -0.2) is 41.5 Å². The number of hydrogen-bond donors (Lipinski definition) is 2. The molecule has 1 aromatic rings. The smallest absolute Gasteiger partial charge is 0.335 e. The number of aromatic carboxylic acids is 1. The quantitative estimate of drug-likeness (QED) is 0.869. The number of carboxylic acids is 1. The number of carboxylic acid groups (broad SMARTS) is 1. The van der Waals surface area contributed by atoms with Crippen LogP contribution in [0, 0.1) is 0 Å². The van der Waals surface area contributed by atoms with Gasteiger partial charge in [-0.3, -0.25) is 9.69 Å². The minimum absolute atomic E-state index is 0.0491. The largest absolute Gasteiger partial charge is 0.478 e. The molecule has 0 saturated carbocycles. The number of benzene rings is 1. The molecule has 1 aliphatic rings. The summed E-state index contributed by atoms with van der Waals surface area (Å²) in [4.78, 5) is 25.1. The number of hydrogen-bond acceptors (Lipinski definition) is 3. The Morgan fingerprint density at radius 2 is 2.19 bits per heavy atom. The summed E-state index contributed by atoms with van der Waals surface area (Å²) in [7, 11) is 1.66. The lowest BCUT2D eigenvalue weighted by molar-refractivity contribution is -0.127. The highest BCUT2D eigenvalue weighted by Crippen LogP contribution is 2.24. The Balaban J connectivity index is 2.15. The van der Waals surface area contributed by atoms with Gasteiger partial charge in [0.25, 0.3) is 0 Å². The average Bonchev–Trinajstić information content (AvgIpc) is 2.49. The molecule has 0 aliphatic carbocycles. The molecular formula is C15H19BrN2O3. The Hall–Kier alpha value is -1.40. The van der Waals surface area contributed by atoms with Crippen molar-refractivity contribution in [3.05, 3.63) is 33.8 Å². The molecule has 5 nitrogen and oxygen atoms in total. The fraction of sp³-hybridized carbons (Fsp3) is 0.467. The number of nitrogens with zero attached hydrogens (tertiary/aromatic N) is 1. The summed E-state index contributed by atoms with van der Waals surface area (Å²) in [5, 5.41) is 11.7. The van der Waals surface area contributed by atoms with Crippen LogP contribution in [0.5, 0.6) is 0 Å². The van der Waals surface area contributed by atoms with E-state index in [2.05, 4.69) is 26.1 Å². The van der Waals surface area contributed by atoms with Crippen LogP contribution in [0.2, 0.25) is 0 Å². The molecule has 6 heteroatoms. The number of carbonyl (C=O) groups excluding carboxylic acids is 1. The zero-order chi connectivity index (χ0) is 15.4. The van der Waals surface area contributed by atoms with Crippen molar-refractivity contribution < 1.29 is 14.7 Å². The van der Waals surface area contributed by atoms with Gasteiger partial charge >= 0.3 is 5.97 Å². The van der Waals surface area contributed by atoms with Crippen molar-refractivity contribution in [3.63, 3.8) is 0 Å². The number of halogens is 1. The highest BCUT2D eigenvalue weighted by atomic mass is 79.9. The molecule has 2 rings (SSSR count). The van der Waals surface area contributed by atoms with Crippen LogP contribution in [0.25, 0.3) is 0 Å². The van der Waals surface area contributed by atoms with Crippen molar-refractivity contribution in [2.45, 2.75) is 31.8 Å². The SMILES string of the molecule is CNC(=O)C1CCCCN1Cc1ccc(C(=O)O)cc1Br. The molecule has 1 saturated heterocycles. The van der Waals surface area contributed by atoms with Gasteiger partial charge in [0.1, 0.15) is 0 Å². The van der Waals surface area contributed by atoms with Crippen molar-refractivity contribution in [2.75, 3.05) is 13.6 Å². The number of piperidine rings is 1. The molecule has 114 valence electrons. The monoisotopic (exact) mass is 354 g/mol. The summed E-state index contributed by atoms with van der Waals surface area (Å²) in [6, 6.07) is 4.91. The van der Waals surface area contributed by atoms with Gasteiger partial charge in [-0.2, -0.15) is 0 Å². The van der Waals surface area contributed by atoms with Crippen molar-refractivity contribution >= 4 is 27.8 Å². The highest BCUT2D eigenvalue weighted by molar-refractivity contribution is 9.10. The first-order valence-corrected chi connectivity index (χ1v) is 7.79. The minimum atomic E-state index is -0.941. The van der Waals surface area contributed by atoms with Gasteiger partial charge in [0.05, 0.1) is 11.6 Å². The molecule has 1 amide bonds. The van der Waals surface area contributed by atoms with Crippen LogP contribution in [0.4, 0.5) is 0 Å². The predicted molar refractivity (Wildman–Crippen MR) is 83.2 cm³/mol. The Kier molecular flexibility index (Phi) is 5.36. The molecule has 0 radical (unpaired) electrons. The topological polar surface area (TPSA) is 69.6 Å². The molecular weight excluding hydrogens is 336 g/mol. The number of amides is 1.